The Balaban J connectivity index is 0.000001000. The number of rotatable bonds is 2. The maximum atomic E-state index is 10.7. The van der Waals surface area contributed by atoms with E-state index in [2.05, 4.69) is 10.2 Å². The van der Waals surface area contributed by atoms with Gasteiger partial charge in [-0.05, 0) is 0 Å². The highest BCUT2D eigenvalue weighted by atomic mass is 35.5. The van der Waals surface area contributed by atoms with Gasteiger partial charge in [0.25, 0.3) is 0 Å². The van der Waals surface area contributed by atoms with Crippen LogP contribution in [-0.2, 0) is 15.6 Å². The molecule has 6 heteroatoms. The lowest BCUT2D eigenvalue weighted by Crippen LogP contribution is -1.98. The first-order valence-corrected chi connectivity index (χ1v) is 4.79. The summed E-state index contributed by atoms with van der Waals surface area (Å²) in [6, 6.07) is 0. The Morgan fingerprint density at radius 2 is 2.27 bits per heavy atom. The third kappa shape index (κ3) is 4.00. The lowest BCUT2D eigenvalue weighted by atomic mass is 10.4. The van der Waals surface area contributed by atoms with Crippen LogP contribution in [0.2, 0.25) is 0 Å². The normalized spacial score (nSPS) is 10.6. The molecule has 1 N–H and O–H groups in total. The summed E-state index contributed by atoms with van der Waals surface area (Å²) in [5, 5.41) is 6.15. The molecule has 0 unspecified atom stereocenters. The number of sulfone groups is 1. The monoisotopic (exact) mass is 196 g/mol. The fourth-order valence-corrected chi connectivity index (χ4v) is 1.42. The van der Waals surface area contributed by atoms with Crippen LogP contribution < -0.4 is 0 Å². The standard InChI is InChI=1S/C5H8N2O2S.ClH/c1-10(8,9)4-5-2-6-7-3-5;/h2-3H,4H2,1H3,(H,6,7);1H. The van der Waals surface area contributed by atoms with E-state index in [9.17, 15) is 8.42 Å². The van der Waals surface area contributed by atoms with Gasteiger partial charge in [0.15, 0.2) is 9.84 Å². The Hall–Kier alpha value is -0.550. The lowest BCUT2D eigenvalue weighted by molar-refractivity contribution is 0.601. The maximum Gasteiger partial charge on any atom is 0.151 e. The Labute approximate surface area is 71.3 Å². The van der Waals surface area contributed by atoms with Gasteiger partial charge in [0, 0.05) is 18.0 Å². The molecule has 0 radical (unpaired) electrons. The van der Waals surface area contributed by atoms with E-state index in [1.807, 2.05) is 0 Å². The Bertz CT molecular complexity index is 292. The molecule has 0 spiro atoms. The van der Waals surface area contributed by atoms with E-state index in [0.29, 0.717) is 5.56 Å². The third-order valence-corrected chi connectivity index (χ3v) is 1.84. The molecular formula is C5H9ClN2O2S. The van der Waals surface area contributed by atoms with E-state index >= 15 is 0 Å². The average molecular weight is 197 g/mol. The molecule has 11 heavy (non-hydrogen) atoms. The molecule has 0 fully saturated rings. The summed E-state index contributed by atoms with van der Waals surface area (Å²) in [6.45, 7) is 0. The van der Waals surface area contributed by atoms with Crippen LogP contribution in [0.5, 0.6) is 0 Å². The van der Waals surface area contributed by atoms with E-state index in [0.717, 1.165) is 0 Å². The highest BCUT2D eigenvalue weighted by Gasteiger charge is 2.03. The Morgan fingerprint density at radius 3 is 2.64 bits per heavy atom. The summed E-state index contributed by atoms with van der Waals surface area (Å²) >= 11 is 0. The van der Waals surface area contributed by atoms with Crippen LogP contribution in [0.25, 0.3) is 0 Å². The Morgan fingerprint density at radius 1 is 1.64 bits per heavy atom. The minimum absolute atomic E-state index is 0. The molecule has 1 rings (SSSR count). The van der Waals surface area contributed by atoms with Crippen molar-refractivity contribution in [2.45, 2.75) is 5.75 Å². The average Bonchev–Trinajstić information content (AvgIpc) is 2.12. The lowest BCUT2D eigenvalue weighted by Gasteiger charge is -1.90. The van der Waals surface area contributed by atoms with Crippen LogP contribution in [-0.4, -0.2) is 24.9 Å². The van der Waals surface area contributed by atoms with Crippen molar-refractivity contribution in [3.63, 3.8) is 0 Å². The van der Waals surface area contributed by atoms with E-state index in [-0.39, 0.29) is 18.2 Å². The van der Waals surface area contributed by atoms with Gasteiger partial charge in [0.05, 0.1) is 11.9 Å². The number of H-pyrrole nitrogens is 1. The van der Waals surface area contributed by atoms with Crippen LogP contribution in [0.4, 0.5) is 0 Å². The molecule has 0 aliphatic rings. The molecule has 64 valence electrons. The van der Waals surface area contributed by atoms with Gasteiger partial charge in [-0.15, -0.1) is 12.4 Å². The first-order chi connectivity index (χ1) is 4.58. The summed E-state index contributed by atoms with van der Waals surface area (Å²) < 4.78 is 21.3. The second kappa shape index (κ2) is 3.73. The minimum atomic E-state index is -2.91. The van der Waals surface area contributed by atoms with Crippen molar-refractivity contribution < 1.29 is 8.42 Å². The molecule has 1 heterocycles. The quantitative estimate of drug-likeness (QED) is 0.744. The SMILES string of the molecule is CS(=O)(=O)Cc1cn[nH]c1.Cl. The van der Waals surface area contributed by atoms with E-state index in [1.165, 1.54) is 12.5 Å². The number of aromatic amines is 1. The van der Waals surface area contributed by atoms with Crippen LogP contribution in [0, 0.1) is 0 Å². The number of nitrogens with one attached hydrogen (secondary N) is 1. The van der Waals surface area contributed by atoms with Crippen molar-refractivity contribution in [2.75, 3.05) is 6.26 Å². The van der Waals surface area contributed by atoms with Crippen molar-refractivity contribution >= 4 is 22.2 Å². The van der Waals surface area contributed by atoms with Crippen molar-refractivity contribution in [1.82, 2.24) is 10.2 Å². The summed E-state index contributed by atoms with van der Waals surface area (Å²) in [7, 11) is -2.91. The largest absolute Gasteiger partial charge is 0.285 e. The number of halogens is 1. The Kier molecular flexibility index (Phi) is 3.54. The van der Waals surface area contributed by atoms with Crippen LogP contribution >= 0.6 is 12.4 Å². The second-order valence-electron chi connectivity index (χ2n) is 2.18. The number of hydrogen-bond acceptors (Lipinski definition) is 3. The summed E-state index contributed by atoms with van der Waals surface area (Å²) in [4.78, 5) is 0. The third-order valence-electron chi connectivity index (χ3n) is 0.984. The van der Waals surface area contributed by atoms with Gasteiger partial charge in [-0.2, -0.15) is 5.10 Å². The molecule has 0 atom stereocenters. The van der Waals surface area contributed by atoms with Gasteiger partial charge >= 0.3 is 0 Å². The van der Waals surface area contributed by atoms with Crippen molar-refractivity contribution in [3.8, 4) is 0 Å². The molecule has 4 nitrogen and oxygen atoms in total. The van der Waals surface area contributed by atoms with Crippen molar-refractivity contribution in [2.24, 2.45) is 0 Å². The number of aromatic nitrogens is 2. The second-order valence-corrected chi connectivity index (χ2v) is 4.32. The molecule has 0 aliphatic heterocycles. The molecule has 0 bridgehead atoms. The fraction of sp³-hybridized carbons (Fsp3) is 0.400. The molecule has 0 saturated heterocycles. The highest BCUT2D eigenvalue weighted by molar-refractivity contribution is 7.89. The van der Waals surface area contributed by atoms with Crippen LogP contribution in [0.1, 0.15) is 5.56 Å². The van der Waals surface area contributed by atoms with Crippen LogP contribution in [0.15, 0.2) is 12.4 Å². The van der Waals surface area contributed by atoms with Gasteiger partial charge in [-0.25, -0.2) is 8.42 Å². The fourth-order valence-electron chi connectivity index (χ4n) is 0.659. The molecule has 0 saturated carbocycles. The van der Waals surface area contributed by atoms with E-state index in [4.69, 9.17) is 0 Å². The predicted octanol–water partition coefficient (Wildman–Crippen LogP) is 0.376. The van der Waals surface area contributed by atoms with Gasteiger partial charge in [-0.1, -0.05) is 0 Å². The van der Waals surface area contributed by atoms with Gasteiger partial charge in [0.2, 0.25) is 0 Å². The van der Waals surface area contributed by atoms with Gasteiger partial charge < -0.3 is 0 Å². The van der Waals surface area contributed by atoms with Crippen molar-refractivity contribution in [3.05, 3.63) is 18.0 Å². The van der Waals surface area contributed by atoms with Gasteiger partial charge in [-0.3, -0.25) is 5.10 Å². The number of nitrogens with zero attached hydrogens (tertiary/aromatic N) is 1. The summed E-state index contributed by atoms with van der Waals surface area (Å²) in [6.07, 6.45) is 4.27. The smallest absolute Gasteiger partial charge is 0.151 e. The van der Waals surface area contributed by atoms with Gasteiger partial charge in [0.1, 0.15) is 0 Å². The zero-order valence-corrected chi connectivity index (χ0v) is 7.58. The molecule has 1 aromatic heterocycles. The minimum Gasteiger partial charge on any atom is -0.285 e. The molecular weight excluding hydrogens is 188 g/mol. The first kappa shape index (κ1) is 10.4. The zero-order chi connectivity index (χ0) is 7.61. The first-order valence-electron chi connectivity index (χ1n) is 2.73. The highest BCUT2D eigenvalue weighted by Crippen LogP contribution is 1.99. The summed E-state index contributed by atoms with van der Waals surface area (Å²) in [5.74, 6) is 0.0590. The maximum absolute atomic E-state index is 10.7. The summed E-state index contributed by atoms with van der Waals surface area (Å²) in [5.41, 5.74) is 0.697. The predicted molar refractivity (Wildman–Crippen MR) is 44.4 cm³/mol. The molecule has 0 amide bonds. The zero-order valence-electron chi connectivity index (χ0n) is 5.94. The van der Waals surface area contributed by atoms with E-state index < -0.39 is 9.84 Å². The molecule has 0 aliphatic carbocycles. The van der Waals surface area contributed by atoms with E-state index in [1.54, 1.807) is 6.20 Å². The van der Waals surface area contributed by atoms with Crippen LogP contribution in [0.3, 0.4) is 0 Å². The number of hydrogen-bond donors (Lipinski definition) is 1. The molecule has 0 aromatic carbocycles. The molecule has 1 aromatic rings. The van der Waals surface area contributed by atoms with Crippen molar-refractivity contribution in [1.29, 1.82) is 0 Å². The topological polar surface area (TPSA) is 62.8 Å².